The van der Waals surface area contributed by atoms with Crippen molar-refractivity contribution in [3.8, 4) is 11.4 Å². The summed E-state index contributed by atoms with van der Waals surface area (Å²) in [6.45, 7) is -0.652. The first kappa shape index (κ1) is 17.9. The second kappa shape index (κ2) is 7.24. The first-order valence-corrected chi connectivity index (χ1v) is 8.60. The molecule has 1 amide bonds. The number of carbonyl (C=O) groups is 3. The third-order valence-corrected chi connectivity index (χ3v) is 4.31. The SMILES string of the molecule is O=C(CN1C(=O)C(=O)c2ccccc21)OCc1nc(-c2cccc(Cl)c2)no1. The van der Waals surface area contributed by atoms with Gasteiger partial charge in [-0.05, 0) is 24.3 Å². The van der Waals surface area contributed by atoms with E-state index in [-0.39, 0.29) is 18.1 Å². The number of nitrogens with zero attached hydrogens (tertiary/aromatic N) is 3. The van der Waals surface area contributed by atoms with Gasteiger partial charge in [0.25, 0.3) is 17.6 Å². The first-order valence-electron chi connectivity index (χ1n) is 8.22. The van der Waals surface area contributed by atoms with Gasteiger partial charge in [0.15, 0.2) is 6.61 Å². The number of ether oxygens (including phenoxy) is 1. The number of Topliss-reactive ketones (excluding diaryl/α,β-unsaturated/α-hetero) is 1. The number of rotatable bonds is 5. The van der Waals surface area contributed by atoms with E-state index in [9.17, 15) is 14.4 Å². The molecule has 1 aliphatic heterocycles. The predicted molar refractivity (Wildman–Crippen MR) is 97.7 cm³/mol. The smallest absolute Gasteiger partial charge is 0.326 e. The molecule has 0 atom stereocenters. The Hall–Kier alpha value is -3.52. The van der Waals surface area contributed by atoms with E-state index in [2.05, 4.69) is 10.1 Å². The molecule has 0 spiro atoms. The third kappa shape index (κ3) is 3.37. The number of para-hydroxylation sites is 1. The summed E-state index contributed by atoms with van der Waals surface area (Å²) in [4.78, 5) is 41.4. The van der Waals surface area contributed by atoms with Crippen LogP contribution in [-0.4, -0.2) is 34.3 Å². The molecule has 0 N–H and O–H groups in total. The van der Waals surface area contributed by atoms with Gasteiger partial charge in [-0.1, -0.05) is 41.0 Å². The first-order chi connectivity index (χ1) is 13.5. The van der Waals surface area contributed by atoms with Gasteiger partial charge in [-0.3, -0.25) is 19.3 Å². The van der Waals surface area contributed by atoms with Crippen molar-refractivity contribution in [2.45, 2.75) is 6.61 Å². The van der Waals surface area contributed by atoms with Gasteiger partial charge in [0.1, 0.15) is 6.54 Å². The maximum absolute atomic E-state index is 12.1. The van der Waals surface area contributed by atoms with Crippen LogP contribution in [0.1, 0.15) is 16.2 Å². The van der Waals surface area contributed by atoms with Gasteiger partial charge in [-0.2, -0.15) is 4.98 Å². The van der Waals surface area contributed by atoms with E-state index < -0.39 is 24.2 Å². The third-order valence-electron chi connectivity index (χ3n) is 4.07. The normalized spacial score (nSPS) is 13.0. The van der Waals surface area contributed by atoms with Crippen molar-refractivity contribution in [2.24, 2.45) is 0 Å². The van der Waals surface area contributed by atoms with Crippen LogP contribution in [0.4, 0.5) is 5.69 Å². The van der Waals surface area contributed by atoms with Crippen molar-refractivity contribution < 1.29 is 23.6 Å². The molecule has 4 rings (SSSR count). The monoisotopic (exact) mass is 397 g/mol. The fraction of sp³-hybridized carbons (Fsp3) is 0.105. The topological polar surface area (TPSA) is 103 Å². The van der Waals surface area contributed by atoms with Crippen molar-refractivity contribution in [1.82, 2.24) is 10.1 Å². The molecule has 9 heteroatoms. The van der Waals surface area contributed by atoms with Crippen LogP contribution >= 0.6 is 11.6 Å². The minimum Gasteiger partial charge on any atom is -0.454 e. The highest BCUT2D eigenvalue weighted by molar-refractivity contribution is 6.52. The van der Waals surface area contributed by atoms with Gasteiger partial charge < -0.3 is 9.26 Å². The molecule has 28 heavy (non-hydrogen) atoms. The van der Waals surface area contributed by atoms with Crippen molar-refractivity contribution in [1.29, 1.82) is 0 Å². The standard InChI is InChI=1S/C19H12ClN3O5/c20-12-5-3-4-11(8-12)18-21-15(28-22-18)10-27-16(24)9-23-14-7-2-1-6-13(14)17(25)19(23)26/h1-8H,9-10H2. The van der Waals surface area contributed by atoms with E-state index in [4.69, 9.17) is 20.9 Å². The summed E-state index contributed by atoms with van der Waals surface area (Å²) in [5, 5.41) is 4.34. The van der Waals surface area contributed by atoms with Crippen LogP contribution in [0.2, 0.25) is 5.02 Å². The van der Waals surface area contributed by atoms with E-state index in [1.165, 1.54) is 6.07 Å². The lowest BCUT2D eigenvalue weighted by Crippen LogP contribution is -2.35. The van der Waals surface area contributed by atoms with Gasteiger partial charge in [0, 0.05) is 10.6 Å². The number of anilines is 1. The molecule has 8 nitrogen and oxygen atoms in total. The second-order valence-electron chi connectivity index (χ2n) is 5.92. The number of esters is 1. The molecule has 0 unspecified atom stereocenters. The van der Waals surface area contributed by atoms with E-state index in [1.54, 1.807) is 42.5 Å². The van der Waals surface area contributed by atoms with Crippen molar-refractivity contribution in [3.63, 3.8) is 0 Å². The van der Waals surface area contributed by atoms with E-state index in [0.717, 1.165) is 4.90 Å². The largest absolute Gasteiger partial charge is 0.454 e. The Bertz CT molecular complexity index is 1090. The molecular formula is C19H12ClN3O5. The van der Waals surface area contributed by atoms with Gasteiger partial charge in [-0.25, -0.2) is 0 Å². The zero-order valence-electron chi connectivity index (χ0n) is 14.3. The van der Waals surface area contributed by atoms with Crippen LogP contribution in [0.5, 0.6) is 0 Å². The molecule has 0 bridgehead atoms. The Balaban J connectivity index is 1.39. The van der Waals surface area contributed by atoms with Crippen molar-refractivity contribution in [2.75, 3.05) is 11.4 Å². The Morgan fingerprint density at radius 3 is 2.79 bits per heavy atom. The maximum Gasteiger partial charge on any atom is 0.326 e. The Labute approximate surface area is 163 Å². The zero-order valence-corrected chi connectivity index (χ0v) is 15.0. The average Bonchev–Trinajstić information content (AvgIpc) is 3.26. The summed E-state index contributed by atoms with van der Waals surface area (Å²) in [5.74, 6) is -1.72. The predicted octanol–water partition coefficient (Wildman–Crippen LogP) is 2.66. The number of ketones is 1. The summed E-state index contributed by atoms with van der Waals surface area (Å²) in [7, 11) is 0. The number of hydrogen-bond acceptors (Lipinski definition) is 7. The molecule has 140 valence electrons. The van der Waals surface area contributed by atoms with Crippen molar-refractivity contribution >= 4 is 34.9 Å². The maximum atomic E-state index is 12.1. The molecule has 0 aliphatic carbocycles. The van der Waals surface area contributed by atoms with Crippen LogP contribution in [0.3, 0.4) is 0 Å². The van der Waals surface area contributed by atoms with Crippen LogP contribution in [0.15, 0.2) is 53.1 Å². The Morgan fingerprint density at radius 1 is 1.14 bits per heavy atom. The number of benzene rings is 2. The highest BCUT2D eigenvalue weighted by Crippen LogP contribution is 2.28. The molecular weight excluding hydrogens is 386 g/mol. The number of hydrogen-bond donors (Lipinski definition) is 0. The quantitative estimate of drug-likeness (QED) is 0.481. The van der Waals surface area contributed by atoms with Gasteiger partial charge in [0.05, 0.1) is 11.3 Å². The molecule has 0 saturated heterocycles. The zero-order chi connectivity index (χ0) is 19.7. The molecule has 0 saturated carbocycles. The number of aromatic nitrogens is 2. The minimum absolute atomic E-state index is 0.0903. The number of amides is 1. The van der Waals surface area contributed by atoms with Gasteiger partial charge in [-0.15, -0.1) is 0 Å². The summed E-state index contributed by atoms with van der Waals surface area (Å²) in [5.41, 5.74) is 1.31. The Kier molecular flexibility index (Phi) is 4.62. The lowest BCUT2D eigenvalue weighted by molar-refractivity contribution is -0.144. The molecule has 3 aromatic rings. The van der Waals surface area contributed by atoms with Crippen LogP contribution < -0.4 is 4.90 Å². The number of halogens is 1. The molecule has 0 radical (unpaired) electrons. The molecule has 0 fully saturated rings. The molecule has 1 aliphatic rings. The van der Waals surface area contributed by atoms with E-state index in [0.29, 0.717) is 22.1 Å². The summed E-state index contributed by atoms with van der Waals surface area (Å²) < 4.78 is 10.2. The second-order valence-corrected chi connectivity index (χ2v) is 6.36. The Morgan fingerprint density at radius 2 is 1.96 bits per heavy atom. The average molecular weight is 398 g/mol. The summed E-state index contributed by atoms with van der Waals surface area (Å²) >= 11 is 5.93. The molecule has 2 heterocycles. The fourth-order valence-electron chi connectivity index (χ4n) is 2.78. The molecule has 1 aromatic heterocycles. The molecule has 2 aromatic carbocycles. The van der Waals surface area contributed by atoms with E-state index >= 15 is 0 Å². The lowest BCUT2D eigenvalue weighted by atomic mass is 10.1. The number of carbonyl (C=O) groups excluding carboxylic acids is 3. The van der Waals surface area contributed by atoms with Crippen LogP contribution in [-0.2, 0) is 20.9 Å². The summed E-state index contributed by atoms with van der Waals surface area (Å²) in [6.07, 6.45) is 0. The van der Waals surface area contributed by atoms with Crippen LogP contribution in [0, 0.1) is 0 Å². The van der Waals surface area contributed by atoms with E-state index in [1.807, 2.05) is 0 Å². The lowest BCUT2D eigenvalue weighted by Gasteiger charge is -2.14. The van der Waals surface area contributed by atoms with Crippen molar-refractivity contribution in [3.05, 3.63) is 65.0 Å². The van der Waals surface area contributed by atoms with Crippen LogP contribution in [0.25, 0.3) is 11.4 Å². The highest BCUT2D eigenvalue weighted by Gasteiger charge is 2.36. The fourth-order valence-corrected chi connectivity index (χ4v) is 2.97. The van der Waals surface area contributed by atoms with Gasteiger partial charge in [0.2, 0.25) is 5.82 Å². The summed E-state index contributed by atoms with van der Waals surface area (Å²) in [6, 6.07) is 13.4. The van der Waals surface area contributed by atoms with Gasteiger partial charge >= 0.3 is 5.97 Å². The highest BCUT2D eigenvalue weighted by atomic mass is 35.5. The number of fused-ring (bicyclic) bond motifs is 1. The minimum atomic E-state index is -0.765.